The predicted octanol–water partition coefficient (Wildman–Crippen LogP) is 5.12. The Bertz CT molecular complexity index is 443. The molecule has 0 radical (unpaired) electrons. The smallest absolute Gasteiger partial charge is 0.140 e. The molecule has 0 spiro atoms. The number of nitrogens with zero attached hydrogens (tertiary/aromatic N) is 2. The number of methoxy groups -OCH3 is 1. The van der Waals surface area contributed by atoms with Crippen LogP contribution in [0.2, 0.25) is 0 Å². The molecule has 0 fully saturated rings. The fourth-order valence-corrected chi connectivity index (χ4v) is 3.10. The van der Waals surface area contributed by atoms with Crippen molar-refractivity contribution in [3.63, 3.8) is 0 Å². The molecule has 0 N–H and O–H groups in total. The van der Waals surface area contributed by atoms with Gasteiger partial charge in [0.15, 0.2) is 0 Å². The second-order valence-electron chi connectivity index (χ2n) is 7.38. The van der Waals surface area contributed by atoms with E-state index in [0.717, 1.165) is 28.2 Å². The lowest BCUT2D eigenvalue weighted by Gasteiger charge is -2.29. The number of aryl methyl sites for hydroxylation is 1. The zero-order chi connectivity index (χ0) is 17.1. The van der Waals surface area contributed by atoms with Crippen molar-refractivity contribution in [3.05, 3.63) is 23.5 Å². The average Bonchev–Trinajstić information content (AvgIpc) is 2.49. The first kappa shape index (κ1) is 20.0. The van der Waals surface area contributed by atoms with Crippen molar-refractivity contribution in [1.29, 1.82) is 0 Å². The van der Waals surface area contributed by atoms with Crippen LogP contribution in [0.3, 0.4) is 0 Å². The molecule has 3 heteroatoms. The fraction of sp³-hybridized carbons (Fsp3) is 0.750. The van der Waals surface area contributed by atoms with Crippen LogP contribution >= 0.6 is 0 Å². The molecule has 0 atom stereocenters. The Morgan fingerprint density at radius 1 is 0.957 bits per heavy atom. The Morgan fingerprint density at radius 2 is 1.57 bits per heavy atom. The Labute approximate surface area is 143 Å². The molecule has 0 aliphatic rings. The molecule has 23 heavy (non-hydrogen) atoms. The van der Waals surface area contributed by atoms with Gasteiger partial charge in [-0.15, -0.1) is 0 Å². The largest absolute Gasteiger partial charge is 0.495 e. The van der Waals surface area contributed by atoms with Crippen LogP contribution in [0.15, 0.2) is 12.1 Å². The molecule has 0 saturated carbocycles. The van der Waals surface area contributed by atoms with Crippen LogP contribution in [0, 0.1) is 6.92 Å². The number of unbranched alkanes of at least 4 members (excludes halogenated alkanes) is 7. The molecule has 3 nitrogen and oxygen atoms in total. The van der Waals surface area contributed by atoms with E-state index in [2.05, 4.69) is 32.1 Å². The van der Waals surface area contributed by atoms with E-state index >= 15 is 0 Å². The molecule has 0 aliphatic heterocycles. The fourth-order valence-electron chi connectivity index (χ4n) is 3.10. The second kappa shape index (κ2) is 10.6. The average molecular weight is 322 g/mol. The number of hydrogen-bond acceptors (Lipinski definition) is 2. The molecule has 0 amide bonds. The normalized spacial score (nSPS) is 11.7. The van der Waals surface area contributed by atoms with E-state index in [9.17, 15) is 0 Å². The minimum absolute atomic E-state index is 0.877. The van der Waals surface area contributed by atoms with Gasteiger partial charge < -0.3 is 9.22 Å². The van der Waals surface area contributed by atoms with Crippen molar-refractivity contribution in [1.82, 2.24) is 4.98 Å². The number of ether oxygens (including phenoxy) is 1. The van der Waals surface area contributed by atoms with Crippen molar-refractivity contribution < 1.29 is 9.22 Å². The summed E-state index contributed by atoms with van der Waals surface area (Å²) in [6, 6.07) is 4.13. The Hall–Kier alpha value is -1.09. The van der Waals surface area contributed by atoms with Crippen molar-refractivity contribution in [2.75, 3.05) is 27.7 Å². The number of hydrogen-bond donors (Lipinski definition) is 0. The maximum absolute atomic E-state index is 5.29. The topological polar surface area (TPSA) is 22.1 Å². The first-order valence-corrected chi connectivity index (χ1v) is 9.31. The maximum atomic E-state index is 5.29. The van der Waals surface area contributed by atoms with Crippen molar-refractivity contribution in [2.45, 2.75) is 71.8 Å². The van der Waals surface area contributed by atoms with Crippen LogP contribution in [0.5, 0.6) is 5.75 Å². The van der Waals surface area contributed by atoms with E-state index in [-0.39, 0.29) is 0 Å². The summed E-state index contributed by atoms with van der Waals surface area (Å²) in [5.41, 5.74) is 2.14. The molecule has 132 valence electrons. The standard InChI is InChI=1S/C20H37N2O/c1-6-7-8-9-10-11-12-13-16-22(3,4)17-19-14-15-20(23-5)18(2)21-19/h14-15H,6-13,16-17H2,1-5H3/q+1. The Kier molecular flexibility index (Phi) is 9.23. The number of rotatable bonds is 12. The van der Waals surface area contributed by atoms with Crippen LogP contribution in [0.4, 0.5) is 0 Å². The molecule has 1 heterocycles. The maximum Gasteiger partial charge on any atom is 0.140 e. The zero-order valence-corrected chi connectivity index (χ0v) is 16.0. The summed E-state index contributed by atoms with van der Waals surface area (Å²) in [6.07, 6.45) is 11.1. The van der Waals surface area contributed by atoms with Gasteiger partial charge in [-0.1, -0.05) is 45.4 Å². The highest BCUT2D eigenvalue weighted by Gasteiger charge is 2.17. The van der Waals surface area contributed by atoms with E-state index in [1.54, 1.807) is 7.11 Å². The second-order valence-corrected chi connectivity index (χ2v) is 7.38. The van der Waals surface area contributed by atoms with Crippen LogP contribution in [0.1, 0.15) is 69.7 Å². The van der Waals surface area contributed by atoms with Gasteiger partial charge in [-0.3, -0.25) is 0 Å². The summed E-state index contributed by atoms with van der Waals surface area (Å²) in [6.45, 7) is 6.50. The van der Waals surface area contributed by atoms with Gasteiger partial charge in [0.1, 0.15) is 12.3 Å². The summed E-state index contributed by atoms with van der Waals surface area (Å²) >= 11 is 0. The third-order valence-electron chi connectivity index (χ3n) is 4.52. The number of aromatic nitrogens is 1. The summed E-state index contributed by atoms with van der Waals surface area (Å²) in [5, 5.41) is 0. The molecular weight excluding hydrogens is 284 g/mol. The first-order chi connectivity index (χ1) is 11.0. The molecule has 0 unspecified atom stereocenters. The monoisotopic (exact) mass is 321 g/mol. The minimum atomic E-state index is 0.877. The summed E-state index contributed by atoms with van der Waals surface area (Å²) in [4.78, 5) is 4.67. The van der Waals surface area contributed by atoms with Gasteiger partial charge in [0.05, 0.1) is 39.1 Å². The van der Waals surface area contributed by atoms with Crippen LogP contribution in [-0.2, 0) is 6.54 Å². The van der Waals surface area contributed by atoms with Crippen LogP contribution in [0.25, 0.3) is 0 Å². The zero-order valence-electron chi connectivity index (χ0n) is 16.0. The van der Waals surface area contributed by atoms with E-state index in [4.69, 9.17) is 4.74 Å². The molecule has 1 rings (SSSR count). The van der Waals surface area contributed by atoms with Crippen LogP contribution in [-0.4, -0.2) is 37.2 Å². The van der Waals surface area contributed by atoms with E-state index in [0.29, 0.717) is 0 Å². The molecule has 0 saturated heterocycles. The highest BCUT2D eigenvalue weighted by atomic mass is 16.5. The van der Waals surface area contributed by atoms with Crippen molar-refractivity contribution in [3.8, 4) is 5.75 Å². The molecule has 1 aromatic rings. The summed E-state index contributed by atoms with van der Waals surface area (Å²) in [5.74, 6) is 0.877. The lowest BCUT2D eigenvalue weighted by atomic mass is 10.1. The van der Waals surface area contributed by atoms with Gasteiger partial charge in [0, 0.05) is 0 Å². The predicted molar refractivity (Wildman–Crippen MR) is 98.8 cm³/mol. The first-order valence-electron chi connectivity index (χ1n) is 9.31. The quantitative estimate of drug-likeness (QED) is 0.394. The van der Waals surface area contributed by atoms with Gasteiger partial charge in [0.2, 0.25) is 0 Å². The van der Waals surface area contributed by atoms with Gasteiger partial charge in [-0.2, -0.15) is 0 Å². The van der Waals surface area contributed by atoms with Crippen LogP contribution < -0.4 is 4.74 Å². The third kappa shape index (κ3) is 8.36. The third-order valence-corrected chi connectivity index (χ3v) is 4.52. The minimum Gasteiger partial charge on any atom is -0.495 e. The van der Waals surface area contributed by atoms with E-state index < -0.39 is 0 Å². The molecule has 0 aromatic carbocycles. The number of pyridine rings is 1. The summed E-state index contributed by atoms with van der Waals surface area (Å²) in [7, 11) is 6.32. The lowest BCUT2D eigenvalue weighted by Crippen LogP contribution is -2.39. The summed E-state index contributed by atoms with van der Waals surface area (Å²) < 4.78 is 6.30. The lowest BCUT2D eigenvalue weighted by molar-refractivity contribution is -0.904. The highest BCUT2D eigenvalue weighted by molar-refractivity contribution is 5.27. The van der Waals surface area contributed by atoms with Crippen molar-refractivity contribution in [2.24, 2.45) is 0 Å². The SMILES string of the molecule is CCCCCCCCCC[N+](C)(C)Cc1ccc(OC)c(C)n1. The molecule has 0 bridgehead atoms. The molecular formula is C20H37N2O+. The van der Waals surface area contributed by atoms with Gasteiger partial charge in [0.25, 0.3) is 0 Å². The van der Waals surface area contributed by atoms with Gasteiger partial charge >= 0.3 is 0 Å². The van der Waals surface area contributed by atoms with Gasteiger partial charge in [-0.25, -0.2) is 4.98 Å². The highest BCUT2D eigenvalue weighted by Crippen LogP contribution is 2.18. The van der Waals surface area contributed by atoms with E-state index in [1.165, 1.54) is 57.9 Å². The number of quaternary nitrogens is 1. The van der Waals surface area contributed by atoms with Crippen molar-refractivity contribution >= 4 is 0 Å². The molecule has 1 aromatic heterocycles. The molecule has 0 aliphatic carbocycles. The van der Waals surface area contributed by atoms with E-state index in [1.807, 2.05) is 13.0 Å². The van der Waals surface area contributed by atoms with Gasteiger partial charge in [-0.05, 0) is 31.9 Å². The Balaban J connectivity index is 2.26. The Morgan fingerprint density at radius 3 is 2.13 bits per heavy atom.